The number of hydrogen-bond acceptors (Lipinski definition) is 5. The number of carboxylic acid groups (broad SMARTS) is 1. The van der Waals surface area contributed by atoms with Crippen LogP contribution in [0.2, 0.25) is 0 Å². The van der Waals surface area contributed by atoms with Gasteiger partial charge in [-0.2, -0.15) is 0 Å². The summed E-state index contributed by atoms with van der Waals surface area (Å²) in [5, 5.41) is 16.6. The highest BCUT2D eigenvalue weighted by Gasteiger charge is 2.19. The molecule has 0 aliphatic rings. The highest BCUT2D eigenvalue weighted by Crippen LogP contribution is 2.24. The molecule has 6 nitrogen and oxygen atoms in total. The zero-order valence-corrected chi connectivity index (χ0v) is 17.0. The molecule has 0 bridgehead atoms. The zero-order valence-electron chi connectivity index (χ0n) is 16.2. The molecule has 0 fully saturated rings. The van der Waals surface area contributed by atoms with E-state index in [-0.39, 0.29) is 12.8 Å². The summed E-state index contributed by atoms with van der Waals surface area (Å²) in [6.07, 6.45) is 0.0103. The van der Waals surface area contributed by atoms with Crippen molar-refractivity contribution in [1.82, 2.24) is 10.6 Å². The van der Waals surface area contributed by atoms with Gasteiger partial charge in [0.25, 0.3) is 5.91 Å². The first kappa shape index (κ1) is 21.4. The van der Waals surface area contributed by atoms with Crippen LogP contribution in [0.25, 0.3) is 10.4 Å². The van der Waals surface area contributed by atoms with E-state index in [9.17, 15) is 19.5 Å². The predicted molar refractivity (Wildman–Crippen MR) is 116 cm³/mol. The van der Waals surface area contributed by atoms with Gasteiger partial charge in [0, 0.05) is 23.4 Å². The van der Waals surface area contributed by atoms with Crippen molar-refractivity contribution in [3.63, 3.8) is 0 Å². The van der Waals surface area contributed by atoms with Crippen molar-refractivity contribution < 1.29 is 19.5 Å². The second-order valence-corrected chi connectivity index (χ2v) is 7.68. The molecule has 154 valence electrons. The van der Waals surface area contributed by atoms with Gasteiger partial charge in [-0.3, -0.25) is 19.7 Å². The molecule has 0 spiro atoms. The van der Waals surface area contributed by atoms with Gasteiger partial charge in [-0.15, -0.1) is 11.3 Å². The fraction of sp³-hybridized carbons (Fsp3) is 0.174. The number of carboxylic acids is 1. The summed E-state index contributed by atoms with van der Waals surface area (Å²) >= 11 is 1.61. The van der Waals surface area contributed by atoms with Crippen molar-refractivity contribution in [1.29, 1.82) is 0 Å². The molecule has 3 aromatic rings. The van der Waals surface area contributed by atoms with Crippen molar-refractivity contribution in [2.75, 3.05) is 0 Å². The third kappa shape index (κ3) is 6.10. The van der Waals surface area contributed by atoms with E-state index in [4.69, 9.17) is 0 Å². The summed E-state index contributed by atoms with van der Waals surface area (Å²) in [5.41, 5.74) is 2.33. The van der Waals surface area contributed by atoms with Gasteiger partial charge in [-0.25, -0.2) is 0 Å². The average Bonchev–Trinajstić information content (AvgIpc) is 3.29. The minimum atomic E-state index is -1.03. The minimum absolute atomic E-state index is 0.0717. The van der Waals surface area contributed by atoms with E-state index in [2.05, 4.69) is 10.6 Å². The van der Waals surface area contributed by atoms with Gasteiger partial charge in [0.1, 0.15) is 6.04 Å². The van der Waals surface area contributed by atoms with E-state index in [1.807, 2.05) is 60.0 Å². The summed E-state index contributed by atoms with van der Waals surface area (Å²) in [6.45, 7) is 0.384. The van der Waals surface area contributed by atoms with Crippen molar-refractivity contribution in [3.05, 3.63) is 83.2 Å². The third-order valence-corrected chi connectivity index (χ3v) is 5.48. The quantitative estimate of drug-likeness (QED) is 0.489. The number of benzene rings is 2. The maximum Gasteiger partial charge on any atom is 0.320 e. The van der Waals surface area contributed by atoms with Gasteiger partial charge >= 0.3 is 5.97 Å². The maximum atomic E-state index is 12.3. The van der Waals surface area contributed by atoms with Crippen molar-refractivity contribution in [2.45, 2.75) is 25.4 Å². The van der Waals surface area contributed by atoms with E-state index < -0.39 is 23.8 Å². The van der Waals surface area contributed by atoms with Crippen LogP contribution in [0.4, 0.5) is 0 Å². The summed E-state index contributed by atoms with van der Waals surface area (Å²) in [4.78, 5) is 37.0. The molecule has 0 aliphatic carbocycles. The fourth-order valence-electron chi connectivity index (χ4n) is 2.92. The smallest absolute Gasteiger partial charge is 0.320 e. The molecule has 30 heavy (non-hydrogen) atoms. The SMILES string of the molecule is O=C(CC[C@H](NCc1ccccc1)C(=O)O)NC(=O)c1ccc(-c2cccs2)cc1. The summed E-state index contributed by atoms with van der Waals surface area (Å²) in [7, 11) is 0. The molecule has 2 amide bonds. The predicted octanol–water partition coefficient (Wildman–Crippen LogP) is 3.69. The largest absolute Gasteiger partial charge is 0.480 e. The second-order valence-electron chi connectivity index (χ2n) is 6.73. The van der Waals surface area contributed by atoms with Crippen LogP contribution in [0.5, 0.6) is 0 Å². The lowest BCUT2D eigenvalue weighted by Crippen LogP contribution is -2.38. The third-order valence-electron chi connectivity index (χ3n) is 4.56. The Kier molecular flexibility index (Phi) is 7.48. The number of carbonyl (C=O) groups is 3. The zero-order chi connectivity index (χ0) is 21.3. The Morgan fingerprint density at radius 1 is 0.933 bits per heavy atom. The summed E-state index contributed by atoms with van der Waals surface area (Å²) < 4.78 is 0. The van der Waals surface area contributed by atoms with Crippen LogP contribution >= 0.6 is 11.3 Å². The van der Waals surface area contributed by atoms with Gasteiger partial charge < -0.3 is 10.4 Å². The number of aliphatic carboxylic acids is 1. The second kappa shape index (κ2) is 10.5. The number of hydrogen-bond donors (Lipinski definition) is 3. The first-order chi connectivity index (χ1) is 14.5. The van der Waals surface area contributed by atoms with Gasteiger partial charge in [0.05, 0.1) is 0 Å². The Bertz CT molecular complexity index is 986. The van der Waals surface area contributed by atoms with Gasteiger partial charge in [-0.05, 0) is 41.1 Å². The normalized spacial score (nSPS) is 11.6. The van der Waals surface area contributed by atoms with Crippen LogP contribution in [-0.2, 0) is 16.1 Å². The highest BCUT2D eigenvalue weighted by atomic mass is 32.1. The average molecular weight is 423 g/mol. The van der Waals surface area contributed by atoms with Crippen molar-refractivity contribution in [2.24, 2.45) is 0 Å². The monoisotopic (exact) mass is 422 g/mol. The Morgan fingerprint density at radius 2 is 1.67 bits per heavy atom. The maximum absolute atomic E-state index is 12.3. The molecule has 0 unspecified atom stereocenters. The van der Waals surface area contributed by atoms with Crippen molar-refractivity contribution >= 4 is 29.1 Å². The fourth-order valence-corrected chi connectivity index (χ4v) is 3.65. The van der Waals surface area contributed by atoms with Crippen LogP contribution in [0.15, 0.2) is 72.1 Å². The van der Waals surface area contributed by atoms with E-state index >= 15 is 0 Å². The van der Waals surface area contributed by atoms with E-state index in [1.54, 1.807) is 23.5 Å². The van der Waals surface area contributed by atoms with E-state index in [0.717, 1.165) is 16.0 Å². The number of rotatable bonds is 9. The molecule has 3 rings (SSSR count). The Labute approximate surface area is 178 Å². The minimum Gasteiger partial charge on any atom is -0.480 e. The molecule has 0 aliphatic heterocycles. The van der Waals surface area contributed by atoms with Crippen LogP contribution in [0, 0.1) is 0 Å². The van der Waals surface area contributed by atoms with Gasteiger partial charge in [-0.1, -0.05) is 48.5 Å². The molecular formula is C23H22N2O4S. The standard InChI is InChI=1S/C23H22N2O4S/c26-21(13-12-19(23(28)29)24-15-16-5-2-1-3-6-16)25-22(27)18-10-8-17(9-11-18)20-7-4-14-30-20/h1-11,14,19,24H,12-13,15H2,(H,28,29)(H,25,26,27)/t19-/m0/s1. The molecule has 1 aromatic heterocycles. The van der Waals surface area contributed by atoms with Crippen LogP contribution < -0.4 is 10.6 Å². The van der Waals surface area contributed by atoms with Gasteiger partial charge in [0.15, 0.2) is 0 Å². The number of imide groups is 1. The van der Waals surface area contributed by atoms with E-state index in [0.29, 0.717) is 12.1 Å². The van der Waals surface area contributed by atoms with Gasteiger partial charge in [0.2, 0.25) is 5.91 Å². The van der Waals surface area contributed by atoms with Crippen LogP contribution in [-0.4, -0.2) is 28.9 Å². The van der Waals surface area contributed by atoms with Crippen LogP contribution in [0.3, 0.4) is 0 Å². The summed E-state index contributed by atoms with van der Waals surface area (Å²) in [6, 6.07) is 19.5. The molecule has 3 N–H and O–H groups in total. The van der Waals surface area contributed by atoms with Crippen molar-refractivity contribution in [3.8, 4) is 10.4 Å². The first-order valence-corrected chi connectivity index (χ1v) is 10.4. The Hall–Kier alpha value is -3.29. The highest BCUT2D eigenvalue weighted by molar-refractivity contribution is 7.13. The Morgan fingerprint density at radius 3 is 2.30 bits per heavy atom. The molecule has 0 radical (unpaired) electrons. The Balaban J connectivity index is 1.48. The lowest BCUT2D eigenvalue weighted by atomic mass is 10.1. The van der Waals surface area contributed by atoms with E-state index in [1.165, 1.54) is 0 Å². The molecule has 1 atom stereocenters. The lowest BCUT2D eigenvalue weighted by Gasteiger charge is -2.14. The first-order valence-electron chi connectivity index (χ1n) is 9.51. The molecule has 1 heterocycles. The number of nitrogens with one attached hydrogen (secondary N) is 2. The number of thiophene rings is 1. The van der Waals surface area contributed by atoms with Crippen LogP contribution in [0.1, 0.15) is 28.8 Å². The topological polar surface area (TPSA) is 95.5 Å². The number of carbonyl (C=O) groups excluding carboxylic acids is 2. The molecule has 7 heteroatoms. The molecular weight excluding hydrogens is 400 g/mol. The molecule has 0 saturated heterocycles. The molecule has 2 aromatic carbocycles. The summed E-state index contributed by atoms with van der Waals surface area (Å²) in [5.74, 6) is -2.04. The molecule has 0 saturated carbocycles. The lowest BCUT2D eigenvalue weighted by molar-refractivity contribution is -0.139. The number of amides is 2.